The number of carbonyl (C=O) groups excluding carboxylic acids is 1. The number of amides is 1. The number of likely N-dealkylation sites (N-methyl/N-ethyl adjacent to an activating group) is 1. The Morgan fingerprint density at radius 2 is 2.13 bits per heavy atom. The first-order chi connectivity index (χ1) is 7.24. The van der Waals surface area contributed by atoms with E-state index in [1.807, 2.05) is 18.7 Å². The summed E-state index contributed by atoms with van der Waals surface area (Å²) in [5.74, 6) is 0.605. The molecule has 0 heterocycles. The maximum absolute atomic E-state index is 11.1. The lowest BCUT2D eigenvalue weighted by atomic mass is 10.0. The summed E-state index contributed by atoms with van der Waals surface area (Å²) in [5, 5.41) is 3.88. The lowest BCUT2D eigenvalue weighted by Gasteiger charge is -2.23. The van der Waals surface area contributed by atoms with Crippen LogP contribution >= 0.6 is 11.8 Å². The van der Waals surface area contributed by atoms with Gasteiger partial charge in [-0.1, -0.05) is 26.2 Å². The van der Waals surface area contributed by atoms with Crippen LogP contribution < -0.4 is 11.1 Å². The summed E-state index contributed by atoms with van der Waals surface area (Å²) < 4.78 is 0. The van der Waals surface area contributed by atoms with E-state index in [0.29, 0.717) is 0 Å². The smallest absolute Gasteiger partial charge is 0.235 e. The molecule has 3 N–H and O–H groups in total. The van der Waals surface area contributed by atoms with Crippen LogP contribution in [0.4, 0.5) is 0 Å². The Kier molecular flexibility index (Phi) is 6.10. The molecular formula is C11H22N2OS. The molecule has 1 rings (SSSR count). The van der Waals surface area contributed by atoms with Crippen LogP contribution in [0.2, 0.25) is 0 Å². The predicted octanol–water partition coefficient (Wildman–Crippen LogP) is 1.52. The molecule has 1 amide bonds. The summed E-state index contributed by atoms with van der Waals surface area (Å²) in [6, 6.07) is -0.151. The molecule has 0 aromatic carbocycles. The summed E-state index contributed by atoms with van der Waals surface area (Å²) in [6.07, 6.45) is 6.69. The van der Waals surface area contributed by atoms with Crippen LogP contribution in [0.3, 0.4) is 0 Å². The van der Waals surface area contributed by atoms with Crippen molar-refractivity contribution in [1.29, 1.82) is 0 Å². The molecule has 0 radical (unpaired) electrons. The Morgan fingerprint density at radius 3 is 2.67 bits per heavy atom. The summed E-state index contributed by atoms with van der Waals surface area (Å²) in [4.78, 5) is 11.1. The second kappa shape index (κ2) is 7.12. The fourth-order valence-corrected chi connectivity index (χ4v) is 3.37. The summed E-state index contributed by atoms with van der Waals surface area (Å²) in [6.45, 7) is 2.81. The average molecular weight is 230 g/mol. The van der Waals surface area contributed by atoms with E-state index in [1.165, 1.54) is 32.1 Å². The monoisotopic (exact) mass is 230 g/mol. The Hall–Kier alpha value is -0.220. The average Bonchev–Trinajstić information content (AvgIpc) is 2.25. The molecule has 4 heteroatoms. The molecule has 1 unspecified atom stereocenters. The van der Waals surface area contributed by atoms with Crippen molar-refractivity contribution in [2.75, 3.05) is 12.3 Å². The van der Waals surface area contributed by atoms with E-state index in [0.717, 1.165) is 17.5 Å². The number of primary amides is 1. The van der Waals surface area contributed by atoms with Crippen molar-refractivity contribution in [2.45, 2.75) is 50.3 Å². The number of hydrogen-bond acceptors (Lipinski definition) is 3. The van der Waals surface area contributed by atoms with Crippen LogP contribution in [0.25, 0.3) is 0 Å². The third-order valence-corrected chi connectivity index (χ3v) is 4.31. The normalized spacial score (nSPS) is 20.1. The SMILES string of the molecule is CCNC(CSC1CCCCC1)C(N)=O. The number of thioether (sulfide) groups is 1. The number of hydrogen-bond donors (Lipinski definition) is 2. The van der Waals surface area contributed by atoms with Gasteiger partial charge in [0.05, 0.1) is 6.04 Å². The van der Waals surface area contributed by atoms with Gasteiger partial charge in [0.25, 0.3) is 0 Å². The zero-order chi connectivity index (χ0) is 11.1. The van der Waals surface area contributed by atoms with E-state index in [-0.39, 0.29) is 11.9 Å². The second-order valence-electron chi connectivity index (χ2n) is 4.11. The largest absolute Gasteiger partial charge is 0.368 e. The lowest BCUT2D eigenvalue weighted by molar-refractivity contribution is -0.119. The fourth-order valence-electron chi connectivity index (χ4n) is 1.95. The molecule has 1 aliphatic carbocycles. The van der Waals surface area contributed by atoms with Gasteiger partial charge in [-0.25, -0.2) is 0 Å². The van der Waals surface area contributed by atoms with Crippen molar-refractivity contribution in [3.05, 3.63) is 0 Å². The van der Waals surface area contributed by atoms with E-state index in [4.69, 9.17) is 5.73 Å². The molecule has 1 saturated carbocycles. The molecule has 0 aliphatic heterocycles. The van der Waals surface area contributed by atoms with E-state index >= 15 is 0 Å². The molecule has 1 fully saturated rings. The Balaban J connectivity index is 2.22. The van der Waals surface area contributed by atoms with Crippen LogP contribution in [-0.2, 0) is 4.79 Å². The first kappa shape index (κ1) is 12.8. The van der Waals surface area contributed by atoms with Crippen molar-refractivity contribution in [2.24, 2.45) is 5.73 Å². The fraction of sp³-hybridized carbons (Fsp3) is 0.909. The van der Waals surface area contributed by atoms with E-state index in [1.54, 1.807) is 0 Å². The quantitative estimate of drug-likeness (QED) is 0.727. The van der Waals surface area contributed by atoms with Crippen molar-refractivity contribution in [3.8, 4) is 0 Å². The third kappa shape index (κ3) is 4.89. The van der Waals surface area contributed by atoms with Crippen molar-refractivity contribution < 1.29 is 4.79 Å². The van der Waals surface area contributed by atoms with Crippen LogP contribution in [-0.4, -0.2) is 29.5 Å². The predicted molar refractivity (Wildman–Crippen MR) is 66.0 cm³/mol. The van der Waals surface area contributed by atoms with Crippen LogP contribution in [0.5, 0.6) is 0 Å². The minimum absolute atomic E-state index is 0.151. The van der Waals surface area contributed by atoms with Gasteiger partial charge in [-0.2, -0.15) is 11.8 Å². The summed E-state index contributed by atoms with van der Waals surface area (Å²) >= 11 is 1.91. The molecule has 0 aromatic rings. The number of carbonyl (C=O) groups is 1. The molecule has 0 aromatic heterocycles. The van der Waals surface area contributed by atoms with Gasteiger partial charge in [-0.05, 0) is 19.4 Å². The number of rotatable bonds is 6. The van der Waals surface area contributed by atoms with Gasteiger partial charge in [0.2, 0.25) is 5.91 Å². The van der Waals surface area contributed by atoms with E-state index in [2.05, 4.69) is 5.32 Å². The minimum Gasteiger partial charge on any atom is -0.368 e. The number of nitrogens with two attached hydrogens (primary N) is 1. The van der Waals surface area contributed by atoms with Gasteiger partial charge in [0.1, 0.15) is 0 Å². The van der Waals surface area contributed by atoms with Gasteiger partial charge in [0.15, 0.2) is 0 Å². The number of nitrogens with one attached hydrogen (secondary N) is 1. The molecule has 1 atom stereocenters. The van der Waals surface area contributed by atoms with Gasteiger partial charge in [-0.3, -0.25) is 4.79 Å². The topological polar surface area (TPSA) is 55.1 Å². The highest BCUT2D eigenvalue weighted by atomic mass is 32.2. The maximum atomic E-state index is 11.1. The zero-order valence-corrected chi connectivity index (χ0v) is 10.3. The molecule has 3 nitrogen and oxygen atoms in total. The highest BCUT2D eigenvalue weighted by Crippen LogP contribution is 2.28. The van der Waals surface area contributed by atoms with Crippen LogP contribution in [0, 0.1) is 0 Å². The Bertz CT molecular complexity index is 193. The highest BCUT2D eigenvalue weighted by Gasteiger charge is 2.18. The molecule has 0 bridgehead atoms. The minimum atomic E-state index is -0.222. The van der Waals surface area contributed by atoms with Gasteiger partial charge >= 0.3 is 0 Å². The molecule has 1 aliphatic rings. The second-order valence-corrected chi connectivity index (χ2v) is 5.44. The Labute approximate surface area is 96.6 Å². The van der Waals surface area contributed by atoms with Gasteiger partial charge < -0.3 is 11.1 Å². The molecule has 15 heavy (non-hydrogen) atoms. The first-order valence-corrected chi connectivity index (χ1v) is 6.93. The third-order valence-electron chi connectivity index (χ3n) is 2.84. The standard InChI is InChI=1S/C11H22N2OS/c1-2-13-10(11(12)14)8-15-9-6-4-3-5-7-9/h9-10,13H,2-8H2,1H3,(H2,12,14). The highest BCUT2D eigenvalue weighted by molar-refractivity contribution is 7.99. The van der Waals surface area contributed by atoms with E-state index in [9.17, 15) is 4.79 Å². The maximum Gasteiger partial charge on any atom is 0.235 e. The zero-order valence-electron chi connectivity index (χ0n) is 9.50. The van der Waals surface area contributed by atoms with Crippen LogP contribution in [0.1, 0.15) is 39.0 Å². The van der Waals surface area contributed by atoms with Crippen molar-refractivity contribution in [1.82, 2.24) is 5.32 Å². The molecule has 0 saturated heterocycles. The molecule has 0 spiro atoms. The van der Waals surface area contributed by atoms with Crippen LogP contribution in [0.15, 0.2) is 0 Å². The summed E-state index contributed by atoms with van der Waals surface area (Å²) in [7, 11) is 0. The van der Waals surface area contributed by atoms with Crippen molar-refractivity contribution in [3.63, 3.8) is 0 Å². The Morgan fingerprint density at radius 1 is 1.47 bits per heavy atom. The van der Waals surface area contributed by atoms with Gasteiger partial charge in [-0.15, -0.1) is 0 Å². The lowest BCUT2D eigenvalue weighted by Crippen LogP contribution is -2.43. The van der Waals surface area contributed by atoms with E-state index < -0.39 is 0 Å². The first-order valence-electron chi connectivity index (χ1n) is 5.88. The summed E-state index contributed by atoms with van der Waals surface area (Å²) in [5.41, 5.74) is 5.32. The van der Waals surface area contributed by atoms with Crippen molar-refractivity contribution >= 4 is 17.7 Å². The van der Waals surface area contributed by atoms with Gasteiger partial charge in [0, 0.05) is 11.0 Å². The molecular weight excluding hydrogens is 208 g/mol. The molecule has 88 valence electrons.